The molecular weight excluding hydrogens is 167 g/mol. The highest BCUT2D eigenvalue weighted by Gasteiger charge is 2.07. The van der Waals surface area contributed by atoms with Gasteiger partial charge in [-0.3, -0.25) is 0 Å². The summed E-state index contributed by atoms with van der Waals surface area (Å²) in [4.78, 5) is 0. The molecule has 12 heavy (non-hydrogen) atoms. The van der Waals surface area contributed by atoms with Gasteiger partial charge >= 0.3 is 0 Å². The Hall–Kier alpha value is -0.550. The summed E-state index contributed by atoms with van der Waals surface area (Å²) in [5.74, 6) is 1.01. The fraction of sp³-hybridized carbons (Fsp3) is 0.400. The maximum Gasteiger partial charge on any atom is 0.124 e. The number of rotatable bonds is 1. The molecule has 66 valence electrons. The first-order chi connectivity index (χ1) is 5.57. The lowest BCUT2D eigenvalue weighted by Crippen LogP contribution is -2.04. The maximum atomic E-state index is 5.30. The van der Waals surface area contributed by atoms with Gasteiger partial charge in [0.15, 0.2) is 0 Å². The van der Waals surface area contributed by atoms with E-state index in [-0.39, 0.29) is 0 Å². The van der Waals surface area contributed by atoms with Gasteiger partial charge in [-0.05, 0) is 48.8 Å². The van der Waals surface area contributed by atoms with Gasteiger partial charge in [0.1, 0.15) is 5.75 Å². The molecule has 0 radical (unpaired) electrons. The Morgan fingerprint density at radius 2 is 1.75 bits per heavy atom. The normalized spacial score (nSPS) is 10.1. The van der Waals surface area contributed by atoms with Gasteiger partial charge in [0.05, 0.1) is 7.11 Å². The van der Waals surface area contributed by atoms with Crippen LogP contribution in [0.3, 0.4) is 0 Å². The van der Waals surface area contributed by atoms with Crippen LogP contribution in [0.25, 0.3) is 0 Å². The first-order valence-electron chi connectivity index (χ1n) is 3.98. The second kappa shape index (κ2) is 3.45. The molecule has 0 aliphatic rings. The quantitative estimate of drug-likeness (QED) is 0.604. The lowest BCUT2D eigenvalue weighted by molar-refractivity contribution is 0.408. The van der Waals surface area contributed by atoms with Crippen LogP contribution in [0.1, 0.15) is 16.7 Å². The fourth-order valence-corrected chi connectivity index (χ4v) is 1.87. The summed E-state index contributed by atoms with van der Waals surface area (Å²) in [6.07, 6.45) is 0. The average Bonchev–Trinajstić information content (AvgIpc) is 2.01. The van der Waals surface area contributed by atoms with Crippen LogP contribution < -0.4 is 10.0 Å². The average molecular weight is 182 g/mol. The van der Waals surface area contributed by atoms with E-state index in [0.717, 1.165) is 5.75 Å². The van der Waals surface area contributed by atoms with Crippen molar-refractivity contribution in [3.05, 3.63) is 22.8 Å². The first-order valence-corrected chi connectivity index (χ1v) is 4.56. The van der Waals surface area contributed by atoms with Gasteiger partial charge < -0.3 is 4.74 Å². The van der Waals surface area contributed by atoms with Crippen LogP contribution >= 0.6 is 9.24 Å². The Morgan fingerprint density at radius 1 is 1.17 bits per heavy atom. The van der Waals surface area contributed by atoms with Crippen LogP contribution in [0.2, 0.25) is 0 Å². The van der Waals surface area contributed by atoms with Gasteiger partial charge in [0.2, 0.25) is 0 Å². The molecule has 1 nitrogen and oxygen atoms in total. The van der Waals surface area contributed by atoms with Crippen LogP contribution in [0.4, 0.5) is 0 Å². The van der Waals surface area contributed by atoms with Gasteiger partial charge in [0.25, 0.3) is 0 Å². The highest BCUT2D eigenvalue weighted by atomic mass is 31.0. The van der Waals surface area contributed by atoms with Crippen LogP contribution in [0, 0.1) is 20.8 Å². The number of aryl methyl sites for hydroxylation is 1. The monoisotopic (exact) mass is 182 g/mol. The highest BCUT2D eigenvalue weighted by molar-refractivity contribution is 7.27. The molecule has 1 unspecified atom stereocenters. The molecule has 0 aliphatic heterocycles. The van der Waals surface area contributed by atoms with E-state index >= 15 is 0 Å². The van der Waals surface area contributed by atoms with Crippen molar-refractivity contribution in [2.75, 3.05) is 7.11 Å². The molecule has 0 spiro atoms. The molecule has 1 atom stereocenters. The molecule has 0 N–H and O–H groups in total. The molecule has 0 bridgehead atoms. The van der Waals surface area contributed by atoms with E-state index in [1.165, 1.54) is 22.0 Å². The third-order valence-corrected chi connectivity index (χ3v) is 2.87. The number of benzene rings is 1. The van der Waals surface area contributed by atoms with Crippen molar-refractivity contribution in [3.8, 4) is 5.75 Å². The first kappa shape index (κ1) is 9.54. The lowest BCUT2D eigenvalue weighted by atomic mass is 10.1. The van der Waals surface area contributed by atoms with Crippen LogP contribution in [0.5, 0.6) is 5.75 Å². The molecule has 0 amide bonds. The molecule has 0 aromatic heterocycles. The maximum absolute atomic E-state index is 5.30. The van der Waals surface area contributed by atoms with Gasteiger partial charge in [-0.15, -0.1) is 9.24 Å². The van der Waals surface area contributed by atoms with Crippen molar-refractivity contribution in [1.82, 2.24) is 0 Å². The van der Waals surface area contributed by atoms with Crippen LogP contribution in [-0.4, -0.2) is 7.11 Å². The number of hydrogen-bond donors (Lipinski definition) is 0. The van der Waals surface area contributed by atoms with Crippen molar-refractivity contribution in [2.45, 2.75) is 20.8 Å². The predicted octanol–water partition coefficient (Wildman–Crippen LogP) is 2.12. The molecule has 1 aromatic rings. The Labute approximate surface area is 76.3 Å². The minimum absolute atomic E-state index is 1.01. The zero-order valence-electron chi connectivity index (χ0n) is 8.06. The summed E-state index contributed by atoms with van der Waals surface area (Å²) in [7, 11) is 4.46. The summed E-state index contributed by atoms with van der Waals surface area (Å²) in [5, 5.41) is 1.26. The van der Waals surface area contributed by atoms with Crippen LogP contribution in [-0.2, 0) is 0 Å². The Bertz CT molecular complexity index is 305. The zero-order valence-corrected chi connectivity index (χ0v) is 9.22. The van der Waals surface area contributed by atoms with Crippen LogP contribution in [0.15, 0.2) is 6.07 Å². The minimum Gasteiger partial charge on any atom is -0.496 e. The molecule has 0 fully saturated rings. The van der Waals surface area contributed by atoms with E-state index in [1.807, 2.05) is 0 Å². The second-order valence-corrected chi connectivity index (χ2v) is 3.69. The SMILES string of the molecule is COc1c(C)cc(P)c(C)c1C. The van der Waals surface area contributed by atoms with Crippen molar-refractivity contribution < 1.29 is 4.74 Å². The summed E-state index contributed by atoms with van der Waals surface area (Å²) in [6.45, 7) is 6.27. The Balaban J connectivity index is 3.40. The van der Waals surface area contributed by atoms with Gasteiger partial charge in [-0.1, -0.05) is 0 Å². The molecule has 0 saturated heterocycles. The fourth-order valence-electron chi connectivity index (χ4n) is 1.40. The van der Waals surface area contributed by atoms with E-state index in [0.29, 0.717) is 0 Å². The smallest absolute Gasteiger partial charge is 0.124 e. The van der Waals surface area contributed by atoms with Crippen molar-refractivity contribution in [2.24, 2.45) is 0 Å². The molecular formula is C10H15OP. The number of methoxy groups -OCH3 is 1. The van der Waals surface area contributed by atoms with E-state index < -0.39 is 0 Å². The van der Waals surface area contributed by atoms with Gasteiger partial charge in [-0.25, -0.2) is 0 Å². The minimum atomic E-state index is 1.01. The standard InChI is InChI=1S/C10H15OP/c1-6-5-9(12)7(2)8(3)10(6)11-4/h5H,12H2,1-4H3. The largest absolute Gasteiger partial charge is 0.496 e. The second-order valence-electron chi connectivity index (χ2n) is 3.07. The summed E-state index contributed by atoms with van der Waals surface area (Å²) >= 11 is 0. The number of ether oxygens (including phenoxy) is 1. The topological polar surface area (TPSA) is 9.23 Å². The van der Waals surface area contributed by atoms with E-state index in [9.17, 15) is 0 Å². The van der Waals surface area contributed by atoms with Gasteiger partial charge in [0, 0.05) is 0 Å². The van der Waals surface area contributed by atoms with Crippen molar-refractivity contribution in [3.63, 3.8) is 0 Å². The van der Waals surface area contributed by atoms with E-state index in [2.05, 4.69) is 36.1 Å². The predicted molar refractivity (Wildman–Crippen MR) is 56.5 cm³/mol. The Kier molecular flexibility index (Phi) is 2.74. The summed E-state index contributed by atoms with van der Waals surface area (Å²) in [5.41, 5.74) is 3.73. The molecule has 2 heteroatoms. The molecule has 0 saturated carbocycles. The number of hydrogen-bond acceptors (Lipinski definition) is 1. The molecule has 1 rings (SSSR count). The third-order valence-electron chi connectivity index (χ3n) is 2.27. The molecule has 0 heterocycles. The highest BCUT2D eigenvalue weighted by Crippen LogP contribution is 2.24. The van der Waals surface area contributed by atoms with Crippen molar-refractivity contribution >= 4 is 14.5 Å². The van der Waals surface area contributed by atoms with Gasteiger partial charge in [-0.2, -0.15) is 0 Å². The molecule has 0 aliphatic carbocycles. The van der Waals surface area contributed by atoms with E-state index in [1.54, 1.807) is 7.11 Å². The zero-order chi connectivity index (χ0) is 9.30. The van der Waals surface area contributed by atoms with E-state index in [4.69, 9.17) is 4.74 Å². The third kappa shape index (κ3) is 1.47. The van der Waals surface area contributed by atoms with Crippen molar-refractivity contribution in [1.29, 1.82) is 0 Å². The Morgan fingerprint density at radius 3 is 2.25 bits per heavy atom. The summed E-state index contributed by atoms with van der Waals surface area (Å²) in [6, 6.07) is 2.13. The molecule has 1 aromatic carbocycles. The summed E-state index contributed by atoms with van der Waals surface area (Å²) < 4.78 is 5.30. The lowest BCUT2D eigenvalue weighted by Gasteiger charge is -2.12.